The first kappa shape index (κ1) is 14.5. The summed E-state index contributed by atoms with van der Waals surface area (Å²) in [6.45, 7) is 0. The molecule has 2 aromatic rings. The summed E-state index contributed by atoms with van der Waals surface area (Å²) in [4.78, 5) is 12.3. The Morgan fingerprint density at radius 1 is 1.00 bits per heavy atom. The molecule has 0 aliphatic heterocycles. The fourth-order valence-electron chi connectivity index (χ4n) is 2.82. The lowest BCUT2D eigenvalue weighted by molar-refractivity contribution is 0.0930. The van der Waals surface area contributed by atoms with Crippen LogP contribution in [0.2, 0.25) is 0 Å². The number of rotatable bonds is 3. The maximum Gasteiger partial charge on any atom is 0.255 e. The molecule has 1 atom stereocenters. The van der Waals surface area contributed by atoms with Crippen LogP contribution in [-0.4, -0.2) is 5.91 Å². The molecule has 0 aromatic heterocycles. The maximum absolute atomic E-state index is 15.6. The van der Waals surface area contributed by atoms with Crippen molar-refractivity contribution in [1.29, 1.82) is 0 Å². The van der Waals surface area contributed by atoms with Crippen LogP contribution in [0.25, 0.3) is 0 Å². The minimum atomic E-state index is -1.62. The first-order chi connectivity index (χ1) is 10.7. The maximum atomic E-state index is 15.6. The van der Waals surface area contributed by atoms with Gasteiger partial charge in [0, 0.05) is 5.56 Å². The molecule has 112 valence electrons. The molecule has 1 amide bonds. The Bertz CT molecular complexity index is 681. The van der Waals surface area contributed by atoms with Gasteiger partial charge in [0.25, 0.3) is 5.91 Å². The largest absolute Gasteiger partial charge is 0.323 e. The Morgan fingerprint density at radius 2 is 1.64 bits per heavy atom. The van der Waals surface area contributed by atoms with Gasteiger partial charge in [-0.2, -0.15) is 0 Å². The van der Waals surface area contributed by atoms with E-state index in [4.69, 9.17) is 0 Å². The third-order valence-corrected chi connectivity index (χ3v) is 4.02. The second-order valence-electron chi connectivity index (χ2n) is 5.50. The molecule has 22 heavy (non-hydrogen) atoms. The van der Waals surface area contributed by atoms with Crippen molar-refractivity contribution in [2.75, 3.05) is 0 Å². The van der Waals surface area contributed by atoms with E-state index in [0.29, 0.717) is 23.2 Å². The molecular weight excluding hydrogens is 277 g/mol. The quantitative estimate of drug-likeness (QED) is 0.896. The van der Waals surface area contributed by atoms with Gasteiger partial charge in [0.05, 0.1) is 5.70 Å². The zero-order valence-electron chi connectivity index (χ0n) is 12.3. The molecule has 0 heterocycles. The van der Waals surface area contributed by atoms with Crippen LogP contribution in [0.4, 0.5) is 4.39 Å². The smallest absolute Gasteiger partial charge is 0.255 e. The number of carbonyl (C=O) groups excluding carboxylic acids is 1. The van der Waals surface area contributed by atoms with Crippen molar-refractivity contribution >= 4 is 5.91 Å². The number of benzene rings is 2. The molecule has 0 radical (unpaired) electrons. The van der Waals surface area contributed by atoms with Crippen molar-refractivity contribution in [2.24, 2.45) is 0 Å². The predicted octanol–water partition coefficient (Wildman–Crippen LogP) is 4.35. The van der Waals surface area contributed by atoms with Gasteiger partial charge in [0.15, 0.2) is 5.67 Å². The average molecular weight is 295 g/mol. The zero-order chi connectivity index (χ0) is 15.4. The Kier molecular flexibility index (Phi) is 4.05. The fourth-order valence-corrected chi connectivity index (χ4v) is 2.82. The Hall–Kier alpha value is -2.42. The monoisotopic (exact) mass is 295 g/mol. The van der Waals surface area contributed by atoms with E-state index in [-0.39, 0.29) is 5.91 Å². The highest BCUT2D eigenvalue weighted by Gasteiger charge is 2.38. The standard InChI is InChI=1S/C19H18FNO/c20-19(16-11-5-2-6-12-16)14-8-7-13-17(19)21-18(22)15-9-3-1-4-10-15/h1-6,9-13H,7-8,14H2,(H,21,22)/t19-/m0/s1. The first-order valence-corrected chi connectivity index (χ1v) is 7.51. The molecule has 0 spiro atoms. The van der Waals surface area contributed by atoms with Crippen LogP contribution in [0, 0.1) is 0 Å². The molecule has 1 N–H and O–H groups in total. The van der Waals surface area contributed by atoms with Gasteiger partial charge in [-0.25, -0.2) is 4.39 Å². The zero-order valence-corrected chi connectivity index (χ0v) is 12.3. The van der Waals surface area contributed by atoms with Crippen LogP contribution in [-0.2, 0) is 5.67 Å². The van der Waals surface area contributed by atoms with Gasteiger partial charge in [-0.05, 0) is 37.0 Å². The van der Waals surface area contributed by atoms with Crippen LogP contribution in [0.5, 0.6) is 0 Å². The van der Waals surface area contributed by atoms with Gasteiger partial charge in [0.1, 0.15) is 0 Å². The summed E-state index contributed by atoms with van der Waals surface area (Å²) in [6, 6.07) is 17.9. The number of alkyl halides is 1. The Labute approximate surface area is 129 Å². The Balaban J connectivity index is 1.88. The SMILES string of the molecule is O=C(NC1=CCCC[C@]1(F)c1ccccc1)c1ccccc1. The number of carbonyl (C=O) groups is 1. The molecule has 0 fully saturated rings. The molecule has 0 saturated heterocycles. The molecule has 0 unspecified atom stereocenters. The van der Waals surface area contributed by atoms with E-state index in [2.05, 4.69) is 5.32 Å². The Morgan fingerprint density at radius 3 is 2.32 bits per heavy atom. The lowest BCUT2D eigenvalue weighted by Crippen LogP contribution is -2.37. The second kappa shape index (κ2) is 6.14. The van der Waals surface area contributed by atoms with E-state index in [1.807, 2.05) is 24.3 Å². The highest BCUT2D eigenvalue weighted by molar-refractivity contribution is 5.95. The molecule has 0 saturated carbocycles. The molecule has 3 heteroatoms. The summed E-state index contributed by atoms with van der Waals surface area (Å²) < 4.78 is 15.6. The van der Waals surface area contributed by atoms with Gasteiger partial charge < -0.3 is 5.32 Å². The van der Waals surface area contributed by atoms with E-state index in [0.717, 1.165) is 12.8 Å². The van der Waals surface area contributed by atoms with Gasteiger partial charge in [0.2, 0.25) is 0 Å². The van der Waals surface area contributed by atoms with Crippen LogP contribution < -0.4 is 5.32 Å². The molecular formula is C19H18FNO. The van der Waals surface area contributed by atoms with Crippen LogP contribution in [0.1, 0.15) is 35.2 Å². The van der Waals surface area contributed by atoms with Crippen molar-refractivity contribution in [3.05, 3.63) is 83.6 Å². The normalized spacial score (nSPS) is 21.0. The summed E-state index contributed by atoms with van der Waals surface area (Å²) >= 11 is 0. The predicted molar refractivity (Wildman–Crippen MR) is 85.1 cm³/mol. The molecule has 0 bridgehead atoms. The van der Waals surface area contributed by atoms with Gasteiger partial charge in [-0.3, -0.25) is 4.79 Å². The highest BCUT2D eigenvalue weighted by atomic mass is 19.1. The average Bonchev–Trinajstić information content (AvgIpc) is 2.58. The van der Waals surface area contributed by atoms with E-state index < -0.39 is 5.67 Å². The first-order valence-electron chi connectivity index (χ1n) is 7.51. The molecule has 3 rings (SSSR count). The number of halogens is 1. The number of allylic oxidation sites excluding steroid dienone is 2. The lowest BCUT2D eigenvalue weighted by Gasteiger charge is -2.32. The summed E-state index contributed by atoms with van der Waals surface area (Å²) in [5.74, 6) is -0.272. The van der Waals surface area contributed by atoms with Crippen LogP contribution in [0.3, 0.4) is 0 Å². The molecule has 2 nitrogen and oxygen atoms in total. The van der Waals surface area contributed by atoms with Crippen molar-refractivity contribution in [1.82, 2.24) is 5.32 Å². The van der Waals surface area contributed by atoms with Crippen molar-refractivity contribution < 1.29 is 9.18 Å². The third-order valence-electron chi connectivity index (χ3n) is 4.02. The van der Waals surface area contributed by atoms with Crippen molar-refractivity contribution in [3.63, 3.8) is 0 Å². The van der Waals surface area contributed by atoms with Gasteiger partial charge in [-0.1, -0.05) is 54.6 Å². The second-order valence-corrected chi connectivity index (χ2v) is 5.50. The number of hydrogen-bond acceptors (Lipinski definition) is 1. The van der Waals surface area contributed by atoms with Crippen molar-refractivity contribution in [3.8, 4) is 0 Å². The van der Waals surface area contributed by atoms with E-state index in [9.17, 15) is 4.79 Å². The topological polar surface area (TPSA) is 29.1 Å². The minimum absolute atomic E-state index is 0.272. The lowest BCUT2D eigenvalue weighted by atomic mass is 9.83. The molecule has 1 aliphatic carbocycles. The van der Waals surface area contributed by atoms with E-state index >= 15 is 4.39 Å². The fraction of sp³-hybridized carbons (Fsp3) is 0.211. The number of nitrogens with one attached hydrogen (secondary N) is 1. The molecule has 2 aromatic carbocycles. The van der Waals surface area contributed by atoms with E-state index in [1.54, 1.807) is 42.5 Å². The van der Waals surface area contributed by atoms with Gasteiger partial charge >= 0.3 is 0 Å². The number of hydrogen-bond donors (Lipinski definition) is 1. The van der Waals surface area contributed by atoms with Crippen molar-refractivity contribution in [2.45, 2.75) is 24.9 Å². The third kappa shape index (κ3) is 2.80. The molecule has 1 aliphatic rings. The highest BCUT2D eigenvalue weighted by Crippen LogP contribution is 2.40. The van der Waals surface area contributed by atoms with Crippen LogP contribution >= 0.6 is 0 Å². The summed E-state index contributed by atoms with van der Waals surface area (Å²) in [5.41, 5.74) is -0.137. The summed E-state index contributed by atoms with van der Waals surface area (Å²) in [7, 11) is 0. The van der Waals surface area contributed by atoms with E-state index in [1.165, 1.54) is 0 Å². The van der Waals surface area contributed by atoms with Gasteiger partial charge in [-0.15, -0.1) is 0 Å². The van der Waals surface area contributed by atoms with Crippen LogP contribution in [0.15, 0.2) is 72.4 Å². The summed E-state index contributed by atoms with van der Waals surface area (Å²) in [5, 5.41) is 2.77. The summed E-state index contributed by atoms with van der Waals surface area (Å²) in [6.07, 6.45) is 3.74. The number of amides is 1. The minimum Gasteiger partial charge on any atom is -0.323 e.